The lowest BCUT2D eigenvalue weighted by Gasteiger charge is -2.22. The van der Waals surface area contributed by atoms with Gasteiger partial charge in [0.25, 0.3) is 0 Å². The number of hydrogen-bond acceptors (Lipinski definition) is 5. The van der Waals surface area contributed by atoms with Crippen LogP contribution in [0.25, 0.3) is 0 Å². The minimum Gasteiger partial charge on any atom is -0.483 e. The summed E-state index contributed by atoms with van der Waals surface area (Å²) in [6, 6.07) is 8.51. The van der Waals surface area contributed by atoms with Crippen LogP contribution < -0.4 is 10.1 Å². The quantitative estimate of drug-likeness (QED) is 0.636. The van der Waals surface area contributed by atoms with E-state index in [1.807, 2.05) is 30.7 Å². The third-order valence-electron chi connectivity index (χ3n) is 5.39. The van der Waals surface area contributed by atoms with Crippen molar-refractivity contribution < 1.29 is 9.53 Å². The highest BCUT2D eigenvalue weighted by molar-refractivity contribution is 7.99. The van der Waals surface area contributed by atoms with E-state index in [-0.39, 0.29) is 12.0 Å². The number of rotatable bonds is 8. The Morgan fingerprint density at radius 3 is 2.52 bits per heavy atom. The van der Waals surface area contributed by atoms with Crippen LogP contribution in [-0.2, 0) is 11.8 Å². The van der Waals surface area contributed by atoms with Crippen LogP contribution in [0.3, 0.4) is 0 Å². The van der Waals surface area contributed by atoms with Gasteiger partial charge in [-0.1, -0.05) is 57.0 Å². The van der Waals surface area contributed by atoms with Gasteiger partial charge < -0.3 is 14.6 Å². The summed E-state index contributed by atoms with van der Waals surface area (Å²) in [7, 11) is 1.92. The highest BCUT2D eigenvalue weighted by atomic mass is 32.2. The largest absolute Gasteiger partial charge is 0.483 e. The Morgan fingerprint density at radius 2 is 1.86 bits per heavy atom. The molecule has 1 atom stereocenters. The van der Waals surface area contributed by atoms with Gasteiger partial charge in [0.1, 0.15) is 5.75 Å². The van der Waals surface area contributed by atoms with Gasteiger partial charge in [-0.2, -0.15) is 0 Å². The zero-order valence-electron chi connectivity index (χ0n) is 17.9. The predicted octanol–water partition coefficient (Wildman–Crippen LogP) is 4.62. The Kier molecular flexibility index (Phi) is 7.58. The number of carbonyl (C=O) groups excluding carboxylic acids is 1. The molecule has 158 valence electrons. The van der Waals surface area contributed by atoms with Crippen molar-refractivity contribution in [1.29, 1.82) is 0 Å². The van der Waals surface area contributed by atoms with E-state index in [1.165, 1.54) is 36.6 Å². The molecule has 1 aromatic heterocycles. The number of hydrogen-bond donors (Lipinski definition) is 1. The summed E-state index contributed by atoms with van der Waals surface area (Å²) >= 11 is 1.42. The van der Waals surface area contributed by atoms with Gasteiger partial charge >= 0.3 is 0 Å². The van der Waals surface area contributed by atoms with Gasteiger partial charge in [-0.15, -0.1) is 10.2 Å². The number of amides is 1. The van der Waals surface area contributed by atoms with E-state index in [4.69, 9.17) is 4.74 Å². The lowest BCUT2D eigenvalue weighted by atomic mass is 9.95. The first-order chi connectivity index (χ1) is 13.9. The molecule has 1 aliphatic carbocycles. The topological polar surface area (TPSA) is 69.0 Å². The minimum atomic E-state index is -0.234. The molecule has 3 rings (SSSR count). The first-order valence-electron chi connectivity index (χ1n) is 10.5. The second-order valence-electron chi connectivity index (χ2n) is 8.07. The molecule has 29 heavy (non-hydrogen) atoms. The zero-order valence-corrected chi connectivity index (χ0v) is 18.7. The van der Waals surface area contributed by atoms with E-state index in [9.17, 15) is 4.79 Å². The van der Waals surface area contributed by atoms with Crippen molar-refractivity contribution in [2.24, 2.45) is 7.05 Å². The van der Waals surface area contributed by atoms with Gasteiger partial charge in [-0.05, 0) is 43.4 Å². The number of nitrogens with zero attached hydrogens (tertiary/aromatic N) is 3. The number of aromatic nitrogens is 3. The molecule has 1 amide bonds. The van der Waals surface area contributed by atoms with Crippen LogP contribution in [0.2, 0.25) is 0 Å². The highest BCUT2D eigenvalue weighted by Gasteiger charge is 2.19. The average Bonchev–Trinajstić information content (AvgIpc) is 3.08. The molecule has 1 unspecified atom stereocenters. The van der Waals surface area contributed by atoms with Crippen LogP contribution in [-0.4, -0.2) is 32.5 Å². The van der Waals surface area contributed by atoms with E-state index in [1.54, 1.807) is 0 Å². The van der Waals surface area contributed by atoms with Crippen LogP contribution in [0.4, 0.5) is 0 Å². The van der Waals surface area contributed by atoms with Crippen LogP contribution in [0.5, 0.6) is 5.75 Å². The highest BCUT2D eigenvalue weighted by Crippen LogP contribution is 2.25. The minimum absolute atomic E-state index is 0.0704. The number of nitrogens with one attached hydrogen (secondary N) is 1. The Labute approximate surface area is 177 Å². The van der Waals surface area contributed by atoms with Crippen molar-refractivity contribution in [3.8, 4) is 5.75 Å². The fourth-order valence-electron chi connectivity index (χ4n) is 3.64. The smallest absolute Gasteiger partial charge is 0.230 e. The van der Waals surface area contributed by atoms with Crippen LogP contribution >= 0.6 is 11.8 Å². The molecule has 0 aliphatic heterocycles. The number of carbonyl (C=O) groups is 1. The lowest BCUT2D eigenvalue weighted by molar-refractivity contribution is -0.119. The maximum absolute atomic E-state index is 12.2. The number of ether oxygens (including phenoxy) is 1. The van der Waals surface area contributed by atoms with E-state index < -0.39 is 0 Å². The predicted molar refractivity (Wildman–Crippen MR) is 116 cm³/mol. The second kappa shape index (κ2) is 10.1. The van der Waals surface area contributed by atoms with Gasteiger partial charge in [-0.25, -0.2) is 0 Å². The molecule has 1 aliphatic rings. The molecule has 2 aromatic rings. The molecule has 1 saturated carbocycles. The van der Waals surface area contributed by atoms with Crippen molar-refractivity contribution in [2.75, 3.05) is 5.75 Å². The molecule has 7 heteroatoms. The van der Waals surface area contributed by atoms with Gasteiger partial charge in [-0.3, -0.25) is 4.79 Å². The van der Waals surface area contributed by atoms with Crippen molar-refractivity contribution in [3.05, 3.63) is 35.7 Å². The Hall–Kier alpha value is -2.02. The van der Waals surface area contributed by atoms with Crippen molar-refractivity contribution >= 4 is 17.7 Å². The summed E-state index contributed by atoms with van der Waals surface area (Å²) in [4.78, 5) is 12.2. The van der Waals surface area contributed by atoms with Crippen molar-refractivity contribution in [2.45, 2.75) is 76.1 Å². The maximum Gasteiger partial charge on any atom is 0.230 e. The summed E-state index contributed by atoms with van der Waals surface area (Å²) < 4.78 is 7.95. The fourth-order valence-corrected chi connectivity index (χ4v) is 4.37. The van der Waals surface area contributed by atoms with E-state index >= 15 is 0 Å². The zero-order chi connectivity index (χ0) is 20.8. The Balaban J connectivity index is 1.53. The van der Waals surface area contributed by atoms with E-state index in [0.29, 0.717) is 17.7 Å². The molecule has 1 N–H and O–H groups in total. The monoisotopic (exact) mass is 416 g/mol. The van der Waals surface area contributed by atoms with Crippen molar-refractivity contribution in [1.82, 2.24) is 20.1 Å². The molecule has 0 radical (unpaired) electrons. The SMILES string of the molecule is CC(C)c1ccc(OC(C)c2nnc(SCC(=O)NC3CCCCC3)n2C)cc1. The van der Waals surface area contributed by atoms with Gasteiger partial charge in [0, 0.05) is 13.1 Å². The molecule has 0 saturated heterocycles. The first-order valence-corrected chi connectivity index (χ1v) is 11.5. The summed E-state index contributed by atoms with van der Waals surface area (Å²) in [6.45, 7) is 6.31. The third kappa shape index (κ3) is 5.98. The molecule has 0 spiro atoms. The maximum atomic E-state index is 12.2. The number of benzene rings is 1. The molecular formula is C22H32N4O2S. The molecule has 1 fully saturated rings. The molecule has 6 nitrogen and oxygen atoms in total. The van der Waals surface area contributed by atoms with Gasteiger partial charge in [0.05, 0.1) is 5.75 Å². The first kappa shape index (κ1) is 21.7. The summed E-state index contributed by atoms with van der Waals surface area (Å²) in [5.74, 6) is 2.48. The molecule has 1 aromatic carbocycles. The molecule has 0 bridgehead atoms. The van der Waals surface area contributed by atoms with E-state index in [0.717, 1.165) is 29.6 Å². The van der Waals surface area contributed by atoms with Gasteiger partial charge in [0.15, 0.2) is 17.1 Å². The Morgan fingerprint density at radius 1 is 1.17 bits per heavy atom. The lowest BCUT2D eigenvalue weighted by Crippen LogP contribution is -2.37. The second-order valence-corrected chi connectivity index (χ2v) is 9.02. The summed E-state index contributed by atoms with van der Waals surface area (Å²) in [5, 5.41) is 12.4. The van der Waals surface area contributed by atoms with Crippen LogP contribution in [0.15, 0.2) is 29.4 Å². The van der Waals surface area contributed by atoms with E-state index in [2.05, 4.69) is 41.5 Å². The van der Waals surface area contributed by atoms with Crippen LogP contribution in [0, 0.1) is 0 Å². The average molecular weight is 417 g/mol. The fraction of sp³-hybridized carbons (Fsp3) is 0.591. The summed E-state index contributed by atoms with van der Waals surface area (Å²) in [5.41, 5.74) is 1.29. The third-order valence-corrected chi connectivity index (χ3v) is 6.41. The summed E-state index contributed by atoms with van der Waals surface area (Å²) in [6.07, 6.45) is 5.66. The normalized spacial score (nSPS) is 16.0. The molecule has 1 heterocycles. The molecular weight excluding hydrogens is 384 g/mol. The Bertz CT molecular complexity index is 798. The van der Waals surface area contributed by atoms with Gasteiger partial charge in [0.2, 0.25) is 5.91 Å². The van der Waals surface area contributed by atoms with Crippen molar-refractivity contribution in [3.63, 3.8) is 0 Å². The van der Waals surface area contributed by atoms with Crippen LogP contribution in [0.1, 0.15) is 76.3 Å². The number of thioether (sulfide) groups is 1. The standard InChI is InChI=1S/C22H32N4O2S/c1-15(2)17-10-12-19(13-11-17)28-16(3)21-24-25-22(26(21)4)29-14-20(27)23-18-8-6-5-7-9-18/h10-13,15-16,18H,5-9,14H2,1-4H3,(H,23,27).